The van der Waals surface area contributed by atoms with Gasteiger partial charge >= 0.3 is 0 Å². The van der Waals surface area contributed by atoms with Gasteiger partial charge in [-0.15, -0.1) is 0 Å². The molecule has 0 fully saturated rings. The van der Waals surface area contributed by atoms with Crippen LogP contribution in [-0.2, 0) is 0 Å². The van der Waals surface area contributed by atoms with Crippen molar-refractivity contribution in [1.29, 1.82) is 0 Å². The highest BCUT2D eigenvalue weighted by Crippen LogP contribution is 2.17. The minimum absolute atomic E-state index is 0.00497. The third kappa shape index (κ3) is 3.69. The fourth-order valence-electron chi connectivity index (χ4n) is 2.01. The van der Waals surface area contributed by atoms with Gasteiger partial charge in [0.2, 0.25) is 0 Å². The molecule has 0 aromatic heterocycles. The first-order chi connectivity index (χ1) is 10.1. The largest absolute Gasteiger partial charge is 0.385 e. The molecule has 0 aliphatic heterocycles. The van der Waals surface area contributed by atoms with Crippen LogP contribution < -0.4 is 10.6 Å². The standard InChI is InChI=1S/C17H18N2O2/c1-3-18-16-7-5-4-6-15(16)17(21)19-14-10-8-13(9-11-14)12(2)20/h4-11,18H,3H2,1-2H3,(H,19,21). The molecule has 108 valence electrons. The third-order valence-corrected chi connectivity index (χ3v) is 3.09. The maximum absolute atomic E-state index is 12.3. The summed E-state index contributed by atoms with van der Waals surface area (Å²) in [6.07, 6.45) is 0. The van der Waals surface area contributed by atoms with Crippen molar-refractivity contribution >= 4 is 23.1 Å². The summed E-state index contributed by atoms with van der Waals surface area (Å²) in [5, 5.41) is 5.99. The number of rotatable bonds is 5. The van der Waals surface area contributed by atoms with E-state index in [-0.39, 0.29) is 11.7 Å². The number of carbonyl (C=O) groups is 2. The summed E-state index contributed by atoms with van der Waals surface area (Å²) in [4.78, 5) is 23.5. The number of para-hydroxylation sites is 1. The van der Waals surface area contributed by atoms with E-state index in [1.807, 2.05) is 25.1 Å². The number of carbonyl (C=O) groups excluding carboxylic acids is 2. The van der Waals surface area contributed by atoms with Crippen LogP contribution in [0.3, 0.4) is 0 Å². The van der Waals surface area contributed by atoms with Crippen molar-refractivity contribution in [3.63, 3.8) is 0 Å². The molecule has 4 heteroatoms. The van der Waals surface area contributed by atoms with Gasteiger partial charge in [0.05, 0.1) is 5.56 Å². The molecule has 0 aliphatic carbocycles. The number of amides is 1. The van der Waals surface area contributed by atoms with Crippen LogP contribution in [0.4, 0.5) is 11.4 Å². The second-order valence-electron chi connectivity index (χ2n) is 4.66. The first kappa shape index (κ1) is 14.8. The average Bonchev–Trinajstić information content (AvgIpc) is 2.48. The molecular formula is C17H18N2O2. The van der Waals surface area contributed by atoms with Crippen LogP contribution >= 0.6 is 0 Å². The van der Waals surface area contributed by atoms with Crippen LogP contribution in [0.5, 0.6) is 0 Å². The van der Waals surface area contributed by atoms with Gasteiger partial charge in [0.1, 0.15) is 0 Å². The molecule has 4 nitrogen and oxygen atoms in total. The van der Waals surface area contributed by atoms with Gasteiger partial charge in [0.25, 0.3) is 5.91 Å². The van der Waals surface area contributed by atoms with Gasteiger partial charge in [0.15, 0.2) is 5.78 Å². The van der Waals surface area contributed by atoms with E-state index in [0.29, 0.717) is 16.8 Å². The molecule has 2 aromatic carbocycles. The van der Waals surface area contributed by atoms with E-state index in [0.717, 1.165) is 12.2 Å². The van der Waals surface area contributed by atoms with Gasteiger partial charge in [0, 0.05) is 23.5 Å². The molecule has 2 rings (SSSR count). The van der Waals surface area contributed by atoms with Crippen molar-refractivity contribution in [2.45, 2.75) is 13.8 Å². The van der Waals surface area contributed by atoms with Crippen LogP contribution in [0.15, 0.2) is 48.5 Å². The molecular weight excluding hydrogens is 264 g/mol. The van der Waals surface area contributed by atoms with Crippen LogP contribution in [0, 0.1) is 0 Å². The fraction of sp³-hybridized carbons (Fsp3) is 0.176. The summed E-state index contributed by atoms with van der Waals surface area (Å²) in [6.45, 7) is 4.24. The first-order valence-corrected chi connectivity index (χ1v) is 6.87. The van der Waals surface area contributed by atoms with Gasteiger partial charge in [-0.25, -0.2) is 0 Å². The lowest BCUT2D eigenvalue weighted by atomic mass is 10.1. The SMILES string of the molecule is CCNc1ccccc1C(=O)Nc1ccc(C(C)=O)cc1. The van der Waals surface area contributed by atoms with Crippen molar-refractivity contribution in [3.05, 3.63) is 59.7 Å². The average molecular weight is 282 g/mol. The topological polar surface area (TPSA) is 58.2 Å². The Morgan fingerprint density at radius 1 is 1.00 bits per heavy atom. The van der Waals surface area contributed by atoms with Gasteiger partial charge in [-0.3, -0.25) is 9.59 Å². The van der Waals surface area contributed by atoms with Crippen LogP contribution in [0.2, 0.25) is 0 Å². The Hall–Kier alpha value is -2.62. The Labute approximate surface area is 124 Å². The normalized spacial score (nSPS) is 10.0. The Kier molecular flexibility index (Phi) is 4.72. The molecule has 0 bridgehead atoms. The molecule has 0 spiro atoms. The van der Waals surface area contributed by atoms with E-state index in [1.54, 1.807) is 30.3 Å². The van der Waals surface area contributed by atoms with Crippen molar-refractivity contribution in [3.8, 4) is 0 Å². The zero-order valence-corrected chi connectivity index (χ0v) is 12.1. The van der Waals surface area contributed by atoms with Gasteiger partial charge < -0.3 is 10.6 Å². The van der Waals surface area contributed by atoms with E-state index in [2.05, 4.69) is 10.6 Å². The molecule has 2 N–H and O–H groups in total. The minimum Gasteiger partial charge on any atom is -0.385 e. The smallest absolute Gasteiger partial charge is 0.257 e. The number of hydrogen-bond acceptors (Lipinski definition) is 3. The van der Waals surface area contributed by atoms with Gasteiger partial charge in [-0.05, 0) is 50.2 Å². The maximum atomic E-state index is 12.3. The Bertz CT molecular complexity index is 648. The number of benzene rings is 2. The number of nitrogens with one attached hydrogen (secondary N) is 2. The maximum Gasteiger partial charge on any atom is 0.257 e. The number of anilines is 2. The lowest BCUT2D eigenvalue weighted by Gasteiger charge is -2.11. The Balaban J connectivity index is 2.16. The molecule has 0 heterocycles. The van der Waals surface area contributed by atoms with Crippen LogP contribution in [-0.4, -0.2) is 18.2 Å². The summed E-state index contributed by atoms with van der Waals surface area (Å²) >= 11 is 0. The van der Waals surface area contributed by atoms with E-state index in [9.17, 15) is 9.59 Å². The number of hydrogen-bond donors (Lipinski definition) is 2. The number of Topliss-reactive ketones (excluding diaryl/α,β-unsaturated/α-hetero) is 1. The zero-order chi connectivity index (χ0) is 15.2. The highest BCUT2D eigenvalue weighted by Gasteiger charge is 2.10. The molecule has 21 heavy (non-hydrogen) atoms. The number of ketones is 1. The minimum atomic E-state index is -0.179. The molecule has 0 saturated carbocycles. The lowest BCUT2D eigenvalue weighted by molar-refractivity contribution is 0.101. The van der Waals surface area contributed by atoms with E-state index in [1.165, 1.54) is 6.92 Å². The fourth-order valence-corrected chi connectivity index (χ4v) is 2.01. The Morgan fingerprint density at radius 3 is 2.29 bits per heavy atom. The van der Waals surface area contributed by atoms with Crippen LogP contribution in [0.1, 0.15) is 34.6 Å². The summed E-state index contributed by atoms with van der Waals surface area (Å²) < 4.78 is 0. The first-order valence-electron chi connectivity index (χ1n) is 6.87. The van der Waals surface area contributed by atoms with E-state index >= 15 is 0 Å². The van der Waals surface area contributed by atoms with Crippen molar-refractivity contribution in [2.24, 2.45) is 0 Å². The Morgan fingerprint density at radius 2 is 1.67 bits per heavy atom. The molecule has 1 amide bonds. The summed E-state index contributed by atoms with van der Waals surface area (Å²) in [6, 6.07) is 14.2. The summed E-state index contributed by atoms with van der Waals surface area (Å²) in [5.74, 6) is -0.174. The second-order valence-corrected chi connectivity index (χ2v) is 4.66. The lowest BCUT2D eigenvalue weighted by Crippen LogP contribution is -2.14. The second kappa shape index (κ2) is 6.70. The van der Waals surface area contributed by atoms with Gasteiger partial charge in [-0.2, -0.15) is 0 Å². The van der Waals surface area contributed by atoms with E-state index < -0.39 is 0 Å². The van der Waals surface area contributed by atoms with Crippen molar-refractivity contribution in [2.75, 3.05) is 17.2 Å². The summed E-state index contributed by atoms with van der Waals surface area (Å²) in [7, 11) is 0. The predicted octanol–water partition coefficient (Wildman–Crippen LogP) is 3.57. The monoisotopic (exact) mass is 282 g/mol. The third-order valence-electron chi connectivity index (χ3n) is 3.09. The van der Waals surface area contributed by atoms with Crippen molar-refractivity contribution < 1.29 is 9.59 Å². The summed E-state index contributed by atoms with van der Waals surface area (Å²) in [5.41, 5.74) is 2.69. The molecule has 0 radical (unpaired) electrons. The highest BCUT2D eigenvalue weighted by molar-refractivity contribution is 6.08. The molecule has 0 atom stereocenters. The highest BCUT2D eigenvalue weighted by atomic mass is 16.1. The van der Waals surface area contributed by atoms with Gasteiger partial charge in [-0.1, -0.05) is 12.1 Å². The molecule has 0 unspecified atom stereocenters. The zero-order valence-electron chi connectivity index (χ0n) is 12.1. The van der Waals surface area contributed by atoms with E-state index in [4.69, 9.17) is 0 Å². The quantitative estimate of drug-likeness (QED) is 0.824. The molecule has 2 aromatic rings. The molecule has 0 aliphatic rings. The van der Waals surface area contributed by atoms with Crippen LogP contribution in [0.25, 0.3) is 0 Å². The predicted molar refractivity (Wildman–Crippen MR) is 85.0 cm³/mol. The van der Waals surface area contributed by atoms with Crippen molar-refractivity contribution in [1.82, 2.24) is 0 Å². The molecule has 0 saturated heterocycles.